The molecule has 7 heteroatoms. The normalized spacial score (nSPS) is 11.8. The van der Waals surface area contributed by atoms with Crippen molar-refractivity contribution in [3.8, 4) is 5.75 Å². The highest BCUT2D eigenvalue weighted by Crippen LogP contribution is 2.29. The Morgan fingerprint density at radius 3 is 2.28 bits per heavy atom. The lowest BCUT2D eigenvalue weighted by atomic mass is 10.0. The van der Waals surface area contributed by atoms with E-state index >= 15 is 0 Å². The molecule has 0 spiro atoms. The van der Waals surface area contributed by atoms with Crippen LogP contribution in [0.4, 0.5) is 5.69 Å². The summed E-state index contributed by atoms with van der Waals surface area (Å²) in [6, 6.07) is 21.6. The fourth-order valence-electron chi connectivity index (χ4n) is 3.98. The van der Waals surface area contributed by atoms with Crippen LogP contribution < -0.4 is 10.1 Å². The van der Waals surface area contributed by atoms with Crippen molar-refractivity contribution >= 4 is 28.8 Å². The Hall–Kier alpha value is -3.84. The van der Waals surface area contributed by atoms with E-state index in [1.54, 1.807) is 42.5 Å². The summed E-state index contributed by atoms with van der Waals surface area (Å²) in [5.74, 6) is 1.19. The zero-order valence-electron chi connectivity index (χ0n) is 20.6. The number of nitrogens with zero attached hydrogens (tertiary/aromatic N) is 1. The molecule has 2 heterocycles. The third kappa shape index (κ3) is 6.23. The Labute approximate surface area is 215 Å². The Morgan fingerprint density at radius 1 is 0.972 bits per heavy atom. The molecule has 2 aromatic heterocycles. The molecule has 6 nitrogen and oxygen atoms in total. The Balaban J connectivity index is 1.69. The van der Waals surface area contributed by atoms with E-state index in [9.17, 15) is 9.59 Å². The molecule has 4 rings (SSSR count). The predicted octanol–water partition coefficient (Wildman–Crippen LogP) is 6.42. The standard InChI is InChI=1S/C29H30N2O4S/c1-20(2)21-8-12-23(13-9-21)30-29(33)28(22-10-14-24(34-3)15-11-22)31(19-25-6-4-16-35-25)27(32)18-26-7-5-17-36-26/h4-17,20,28H,18-19H2,1-3H3,(H,30,33)/t28-/m0/s1. The van der Waals surface area contributed by atoms with E-state index in [2.05, 4.69) is 19.2 Å². The van der Waals surface area contributed by atoms with Crippen LogP contribution in [0.15, 0.2) is 88.9 Å². The second kappa shape index (κ2) is 11.7. The van der Waals surface area contributed by atoms with Crippen LogP contribution in [-0.4, -0.2) is 23.8 Å². The van der Waals surface area contributed by atoms with Gasteiger partial charge in [-0.3, -0.25) is 9.59 Å². The van der Waals surface area contributed by atoms with Crippen LogP contribution in [-0.2, 0) is 22.6 Å². The maximum atomic E-state index is 13.8. The summed E-state index contributed by atoms with van der Waals surface area (Å²) in [5.41, 5.74) is 2.54. The summed E-state index contributed by atoms with van der Waals surface area (Å²) in [4.78, 5) is 30.0. The van der Waals surface area contributed by atoms with Crippen LogP contribution in [0.2, 0.25) is 0 Å². The molecule has 0 saturated carbocycles. The first-order chi connectivity index (χ1) is 17.4. The third-order valence-corrected chi connectivity index (χ3v) is 6.85. The highest BCUT2D eigenvalue weighted by molar-refractivity contribution is 7.10. The molecule has 36 heavy (non-hydrogen) atoms. The third-order valence-electron chi connectivity index (χ3n) is 5.97. The summed E-state index contributed by atoms with van der Waals surface area (Å²) >= 11 is 1.52. The molecule has 0 fully saturated rings. The van der Waals surface area contributed by atoms with Crippen molar-refractivity contribution in [3.05, 3.63) is 106 Å². The van der Waals surface area contributed by atoms with Crippen LogP contribution in [0.1, 0.15) is 47.6 Å². The molecular weight excluding hydrogens is 472 g/mol. The van der Waals surface area contributed by atoms with Crippen LogP contribution in [0.3, 0.4) is 0 Å². The summed E-state index contributed by atoms with van der Waals surface area (Å²) in [7, 11) is 1.59. The SMILES string of the molecule is COc1ccc([C@@H](C(=O)Nc2ccc(C(C)C)cc2)N(Cc2ccco2)C(=O)Cc2cccs2)cc1. The number of benzene rings is 2. The largest absolute Gasteiger partial charge is 0.497 e. The molecule has 0 bridgehead atoms. The quantitative estimate of drug-likeness (QED) is 0.271. The van der Waals surface area contributed by atoms with Crippen molar-refractivity contribution < 1.29 is 18.7 Å². The Kier molecular flexibility index (Phi) is 8.23. The van der Waals surface area contributed by atoms with Gasteiger partial charge >= 0.3 is 0 Å². The number of rotatable bonds is 10. The maximum absolute atomic E-state index is 13.8. The van der Waals surface area contributed by atoms with Crippen molar-refractivity contribution in [1.29, 1.82) is 0 Å². The molecule has 0 unspecified atom stereocenters. The van der Waals surface area contributed by atoms with Gasteiger partial charge in [-0.15, -0.1) is 11.3 Å². The molecule has 186 valence electrons. The molecule has 2 amide bonds. The van der Waals surface area contributed by atoms with Gasteiger partial charge in [-0.25, -0.2) is 0 Å². The first kappa shape index (κ1) is 25.3. The van der Waals surface area contributed by atoms with Crippen LogP contribution in [0.5, 0.6) is 5.75 Å². The number of amides is 2. The number of thiophene rings is 1. The van der Waals surface area contributed by atoms with Crippen LogP contribution in [0, 0.1) is 0 Å². The summed E-state index contributed by atoms with van der Waals surface area (Å²) in [6.45, 7) is 4.41. The molecule has 4 aromatic rings. The number of carbonyl (C=O) groups excluding carboxylic acids is 2. The van der Waals surface area contributed by atoms with Gasteiger partial charge in [0.15, 0.2) is 0 Å². The lowest BCUT2D eigenvalue weighted by molar-refractivity contribution is -0.139. The van der Waals surface area contributed by atoms with Gasteiger partial charge in [0.05, 0.1) is 26.3 Å². The second-order valence-corrected chi connectivity index (χ2v) is 9.83. The summed E-state index contributed by atoms with van der Waals surface area (Å²) < 4.78 is 10.9. The molecule has 0 radical (unpaired) electrons. The lowest BCUT2D eigenvalue weighted by Crippen LogP contribution is -2.41. The number of hydrogen-bond donors (Lipinski definition) is 1. The zero-order valence-corrected chi connectivity index (χ0v) is 21.5. The average molecular weight is 503 g/mol. The van der Waals surface area contributed by atoms with Gasteiger partial charge < -0.3 is 19.4 Å². The molecule has 0 aliphatic carbocycles. The number of carbonyl (C=O) groups is 2. The van der Waals surface area contributed by atoms with Crippen molar-refractivity contribution in [2.24, 2.45) is 0 Å². The van der Waals surface area contributed by atoms with Crippen LogP contribution in [0.25, 0.3) is 0 Å². The second-order valence-electron chi connectivity index (χ2n) is 8.80. The first-order valence-electron chi connectivity index (χ1n) is 11.8. The van der Waals surface area contributed by atoms with Gasteiger partial charge in [0, 0.05) is 10.6 Å². The summed E-state index contributed by atoms with van der Waals surface area (Å²) in [6.07, 6.45) is 1.76. The molecule has 0 saturated heterocycles. The van der Waals surface area contributed by atoms with Gasteiger partial charge in [0.2, 0.25) is 5.91 Å². The molecule has 0 aliphatic rings. The van der Waals surface area contributed by atoms with E-state index in [1.165, 1.54) is 16.9 Å². The van der Waals surface area contributed by atoms with Crippen molar-refractivity contribution in [2.75, 3.05) is 12.4 Å². The van der Waals surface area contributed by atoms with E-state index in [-0.39, 0.29) is 24.8 Å². The zero-order chi connectivity index (χ0) is 25.5. The number of furan rings is 1. The minimum absolute atomic E-state index is 0.160. The van der Waals surface area contributed by atoms with Crippen molar-refractivity contribution in [1.82, 2.24) is 4.90 Å². The Morgan fingerprint density at radius 2 is 1.69 bits per heavy atom. The molecular formula is C29H30N2O4S. The van der Waals surface area contributed by atoms with E-state index < -0.39 is 6.04 Å². The Bertz CT molecular complexity index is 1250. The average Bonchev–Trinajstić information content (AvgIpc) is 3.59. The van der Waals surface area contributed by atoms with E-state index in [1.807, 2.05) is 53.9 Å². The van der Waals surface area contributed by atoms with Crippen molar-refractivity contribution in [2.45, 2.75) is 38.8 Å². The maximum Gasteiger partial charge on any atom is 0.251 e. The van der Waals surface area contributed by atoms with E-state index in [0.29, 0.717) is 28.7 Å². The fraction of sp³-hybridized carbons (Fsp3) is 0.241. The van der Waals surface area contributed by atoms with Gasteiger partial charge in [0.1, 0.15) is 17.6 Å². The first-order valence-corrected chi connectivity index (χ1v) is 12.7. The number of anilines is 1. The number of methoxy groups -OCH3 is 1. The predicted molar refractivity (Wildman–Crippen MR) is 142 cm³/mol. The van der Waals surface area contributed by atoms with E-state index in [4.69, 9.17) is 9.15 Å². The van der Waals surface area contributed by atoms with Crippen molar-refractivity contribution in [3.63, 3.8) is 0 Å². The lowest BCUT2D eigenvalue weighted by Gasteiger charge is -2.31. The summed E-state index contributed by atoms with van der Waals surface area (Å²) in [5, 5.41) is 4.96. The number of ether oxygens (including phenoxy) is 1. The van der Waals surface area contributed by atoms with Gasteiger partial charge in [-0.05, 0) is 64.9 Å². The minimum atomic E-state index is -0.877. The van der Waals surface area contributed by atoms with Gasteiger partial charge in [-0.1, -0.05) is 44.2 Å². The van der Waals surface area contributed by atoms with E-state index in [0.717, 1.165) is 4.88 Å². The molecule has 0 aliphatic heterocycles. The molecule has 2 aromatic carbocycles. The smallest absolute Gasteiger partial charge is 0.251 e. The number of nitrogens with one attached hydrogen (secondary N) is 1. The highest BCUT2D eigenvalue weighted by atomic mass is 32.1. The number of hydrogen-bond acceptors (Lipinski definition) is 5. The topological polar surface area (TPSA) is 71.8 Å². The van der Waals surface area contributed by atoms with Gasteiger partial charge in [0.25, 0.3) is 5.91 Å². The highest BCUT2D eigenvalue weighted by Gasteiger charge is 2.32. The molecule has 1 atom stereocenters. The fourth-order valence-corrected chi connectivity index (χ4v) is 4.67. The molecule has 1 N–H and O–H groups in total. The minimum Gasteiger partial charge on any atom is -0.497 e. The monoisotopic (exact) mass is 502 g/mol. The van der Waals surface area contributed by atoms with Gasteiger partial charge in [-0.2, -0.15) is 0 Å². The van der Waals surface area contributed by atoms with Crippen LogP contribution >= 0.6 is 11.3 Å².